The van der Waals surface area contributed by atoms with Crippen molar-refractivity contribution in [3.05, 3.63) is 60.4 Å². The molecule has 0 saturated carbocycles. The first-order chi connectivity index (χ1) is 11.9. The second kappa shape index (κ2) is 7.09. The minimum absolute atomic E-state index is 0.761. The fourth-order valence-corrected chi connectivity index (χ4v) is 3.85. The van der Waals surface area contributed by atoms with E-state index in [-0.39, 0.29) is 0 Å². The molecule has 1 saturated heterocycles. The highest BCUT2D eigenvalue weighted by molar-refractivity contribution is 7.99. The zero-order valence-electron chi connectivity index (χ0n) is 13.5. The molecule has 0 radical (unpaired) electrons. The Labute approximate surface area is 146 Å². The zero-order valence-corrected chi connectivity index (χ0v) is 14.3. The molecule has 1 fully saturated rings. The van der Waals surface area contributed by atoms with E-state index in [1.54, 1.807) is 6.33 Å². The molecular formula is C19H20N4S. The fraction of sp³-hybridized carbons (Fsp3) is 0.263. The van der Waals surface area contributed by atoms with E-state index >= 15 is 0 Å². The third kappa shape index (κ3) is 3.46. The summed E-state index contributed by atoms with van der Waals surface area (Å²) in [5, 5.41) is 5.96. The summed E-state index contributed by atoms with van der Waals surface area (Å²) in [6.07, 6.45) is 1.65. The maximum atomic E-state index is 4.42. The number of benzene rings is 2. The van der Waals surface area contributed by atoms with Gasteiger partial charge in [-0.3, -0.25) is 0 Å². The van der Waals surface area contributed by atoms with Gasteiger partial charge in [0.05, 0.1) is 0 Å². The lowest BCUT2D eigenvalue weighted by atomic mass is 10.1. The maximum Gasteiger partial charge on any atom is 0.134 e. The average molecular weight is 336 g/mol. The van der Waals surface area contributed by atoms with Crippen LogP contribution in [0.4, 0.5) is 11.6 Å². The molecule has 0 spiro atoms. The molecule has 2 heterocycles. The molecule has 122 valence electrons. The summed E-state index contributed by atoms with van der Waals surface area (Å²) in [5.74, 6) is 4.24. The molecule has 4 nitrogen and oxygen atoms in total. The molecular weight excluding hydrogens is 316 g/mol. The highest BCUT2D eigenvalue weighted by atomic mass is 32.2. The molecule has 0 atom stereocenters. The van der Waals surface area contributed by atoms with Crippen LogP contribution in [0.5, 0.6) is 0 Å². The number of nitrogens with zero attached hydrogens (tertiary/aromatic N) is 3. The largest absolute Gasteiger partial charge is 0.366 e. The standard InChI is InChI=1S/C19H20N4S/c1-2-4-17-11-15(5-6-16(17)3-1)13-20-18-12-19(22-14-21-18)23-7-9-24-10-8-23/h1-6,11-12,14H,7-10,13H2,(H,20,21,22). The van der Waals surface area contributed by atoms with Crippen LogP contribution in [0.1, 0.15) is 5.56 Å². The number of anilines is 2. The van der Waals surface area contributed by atoms with Crippen LogP contribution < -0.4 is 10.2 Å². The molecule has 1 aliphatic rings. The summed E-state index contributed by atoms with van der Waals surface area (Å²) in [4.78, 5) is 11.1. The smallest absolute Gasteiger partial charge is 0.134 e. The fourth-order valence-electron chi connectivity index (χ4n) is 2.95. The van der Waals surface area contributed by atoms with Gasteiger partial charge in [-0.15, -0.1) is 0 Å². The van der Waals surface area contributed by atoms with Crippen LogP contribution in [0.15, 0.2) is 54.9 Å². The monoisotopic (exact) mass is 336 g/mol. The molecule has 1 aromatic heterocycles. The number of nitrogens with one attached hydrogen (secondary N) is 1. The van der Waals surface area contributed by atoms with E-state index in [0.29, 0.717) is 0 Å². The molecule has 0 bridgehead atoms. The molecule has 0 amide bonds. The van der Waals surface area contributed by atoms with Gasteiger partial charge in [0.1, 0.15) is 18.0 Å². The van der Waals surface area contributed by atoms with Gasteiger partial charge in [-0.05, 0) is 22.4 Å². The Morgan fingerprint density at radius 3 is 2.67 bits per heavy atom. The topological polar surface area (TPSA) is 41.0 Å². The van der Waals surface area contributed by atoms with Crippen molar-refractivity contribution in [2.45, 2.75) is 6.54 Å². The quantitative estimate of drug-likeness (QED) is 0.785. The lowest BCUT2D eigenvalue weighted by Gasteiger charge is -2.27. The van der Waals surface area contributed by atoms with Crippen molar-refractivity contribution in [3.8, 4) is 0 Å². The predicted octanol–water partition coefficient (Wildman–Crippen LogP) is 3.80. The lowest BCUT2D eigenvalue weighted by molar-refractivity contribution is 0.835. The van der Waals surface area contributed by atoms with E-state index in [4.69, 9.17) is 0 Å². The highest BCUT2D eigenvalue weighted by Crippen LogP contribution is 2.20. The number of thioether (sulfide) groups is 1. The van der Waals surface area contributed by atoms with Gasteiger partial charge in [-0.1, -0.05) is 36.4 Å². The lowest BCUT2D eigenvalue weighted by Crippen LogP contribution is -2.33. The number of hydrogen-bond donors (Lipinski definition) is 1. The van der Waals surface area contributed by atoms with E-state index in [0.717, 1.165) is 31.3 Å². The highest BCUT2D eigenvalue weighted by Gasteiger charge is 2.12. The molecule has 2 aromatic carbocycles. The van der Waals surface area contributed by atoms with Crippen molar-refractivity contribution in [1.82, 2.24) is 9.97 Å². The van der Waals surface area contributed by atoms with Crippen LogP contribution in [0, 0.1) is 0 Å². The van der Waals surface area contributed by atoms with Gasteiger partial charge in [-0.2, -0.15) is 11.8 Å². The van der Waals surface area contributed by atoms with Crippen molar-refractivity contribution in [2.24, 2.45) is 0 Å². The Morgan fingerprint density at radius 1 is 0.958 bits per heavy atom. The van der Waals surface area contributed by atoms with Gasteiger partial charge in [0.2, 0.25) is 0 Å². The van der Waals surface area contributed by atoms with Gasteiger partial charge in [0.15, 0.2) is 0 Å². The summed E-state index contributed by atoms with van der Waals surface area (Å²) in [6, 6.07) is 17.1. The SMILES string of the molecule is c1ccc2cc(CNc3cc(N4CCSCC4)ncn3)ccc2c1. The van der Waals surface area contributed by atoms with Crippen LogP contribution in [0.2, 0.25) is 0 Å². The molecule has 4 rings (SSSR count). The Kier molecular flexibility index (Phi) is 4.51. The summed E-state index contributed by atoms with van der Waals surface area (Å²) < 4.78 is 0. The Bertz CT molecular complexity index is 830. The Balaban J connectivity index is 1.46. The number of aromatic nitrogens is 2. The molecule has 0 unspecified atom stereocenters. The molecule has 1 aliphatic heterocycles. The minimum atomic E-state index is 0.761. The second-order valence-electron chi connectivity index (χ2n) is 5.90. The van der Waals surface area contributed by atoms with E-state index in [2.05, 4.69) is 68.7 Å². The van der Waals surface area contributed by atoms with Crippen LogP contribution in [0.25, 0.3) is 10.8 Å². The van der Waals surface area contributed by atoms with E-state index in [1.165, 1.54) is 27.8 Å². The van der Waals surface area contributed by atoms with Crippen LogP contribution >= 0.6 is 11.8 Å². The average Bonchev–Trinajstić information content (AvgIpc) is 2.67. The normalized spacial score (nSPS) is 14.8. The van der Waals surface area contributed by atoms with Crippen LogP contribution in [-0.4, -0.2) is 34.6 Å². The molecule has 1 N–H and O–H groups in total. The van der Waals surface area contributed by atoms with Gasteiger partial charge in [0, 0.05) is 37.2 Å². The zero-order chi connectivity index (χ0) is 16.2. The van der Waals surface area contributed by atoms with Crippen molar-refractivity contribution in [1.29, 1.82) is 0 Å². The number of hydrogen-bond acceptors (Lipinski definition) is 5. The summed E-state index contributed by atoms with van der Waals surface area (Å²) in [7, 11) is 0. The van der Waals surface area contributed by atoms with Crippen molar-refractivity contribution >= 4 is 34.2 Å². The van der Waals surface area contributed by atoms with Crippen LogP contribution in [-0.2, 0) is 6.54 Å². The number of fused-ring (bicyclic) bond motifs is 1. The first kappa shape index (κ1) is 15.3. The van der Waals surface area contributed by atoms with E-state index in [9.17, 15) is 0 Å². The summed E-state index contributed by atoms with van der Waals surface area (Å²) in [5.41, 5.74) is 1.25. The first-order valence-corrected chi connectivity index (χ1v) is 9.40. The molecule has 3 aromatic rings. The van der Waals surface area contributed by atoms with Crippen molar-refractivity contribution in [2.75, 3.05) is 34.8 Å². The van der Waals surface area contributed by atoms with Gasteiger partial charge in [0.25, 0.3) is 0 Å². The predicted molar refractivity (Wildman–Crippen MR) is 103 cm³/mol. The van der Waals surface area contributed by atoms with Gasteiger partial charge >= 0.3 is 0 Å². The Hall–Kier alpha value is -2.27. The van der Waals surface area contributed by atoms with Crippen molar-refractivity contribution < 1.29 is 0 Å². The summed E-state index contributed by atoms with van der Waals surface area (Å²) >= 11 is 2.01. The Morgan fingerprint density at radius 2 is 1.79 bits per heavy atom. The minimum Gasteiger partial charge on any atom is -0.366 e. The van der Waals surface area contributed by atoms with Crippen molar-refractivity contribution in [3.63, 3.8) is 0 Å². The van der Waals surface area contributed by atoms with Gasteiger partial charge < -0.3 is 10.2 Å². The maximum absolute atomic E-state index is 4.42. The van der Waals surface area contributed by atoms with Gasteiger partial charge in [-0.25, -0.2) is 9.97 Å². The molecule has 0 aliphatic carbocycles. The molecule has 5 heteroatoms. The van der Waals surface area contributed by atoms with Crippen LogP contribution in [0.3, 0.4) is 0 Å². The summed E-state index contributed by atoms with van der Waals surface area (Å²) in [6.45, 7) is 2.88. The first-order valence-electron chi connectivity index (χ1n) is 8.25. The number of rotatable bonds is 4. The van der Waals surface area contributed by atoms with E-state index < -0.39 is 0 Å². The molecule has 24 heavy (non-hydrogen) atoms. The third-order valence-electron chi connectivity index (χ3n) is 4.28. The third-order valence-corrected chi connectivity index (χ3v) is 5.22. The van der Waals surface area contributed by atoms with E-state index in [1.807, 2.05) is 11.8 Å². The second-order valence-corrected chi connectivity index (χ2v) is 7.12.